The lowest BCUT2D eigenvalue weighted by Gasteiger charge is -2.14. The molecule has 0 radical (unpaired) electrons. The number of aliphatic carboxylic acids is 1. The standard InChI is InChI=1S/C16H13BrF2O2/c17-14-4-2-1-3-10(14)7-12(16(20)21)8-11-5-6-13(18)9-15(11)19/h1-6,9,12H,7-8H2,(H,20,21). The number of hydrogen-bond acceptors (Lipinski definition) is 1. The molecular formula is C16H13BrF2O2. The van der Waals surface area contributed by atoms with Crippen LogP contribution >= 0.6 is 15.9 Å². The molecule has 0 saturated carbocycles. The van der Waals surface area contributed by atoms with Crippen LogP contribution in [0.2, 0.25) is 0 Å². The van der Waals surface area contributed by atoms with Gasteiger partial charge in [-0.2, -0.15) is 0 Å². The number of benzene rings is 2. The maximum atomic E-state index is 13.7. The van der Waals surface area contributed by atoms with Gasteiger partial charge in [0.2, 0.25) is 0 Å². The topological polar surface area (TPSA) is 37.3 Å². The quantitative estimate of drug-likeness (QED) is 0.872. The molecule has 0 spiro atoms. The molecular weight excluding hydrogens is 342 g/mol. The second-order valence-corrected chi connectivity index (χ2v) is 5.62. The van der Waals surface area contributed by atoms with E-state index in [9.17, 15) is 18.7 Å². The SMILES string of the molecule is O=C(O)C(Cc1ccc(F)cc1F)Cc1ccccc1Br. The summed E-state index contributed by atoms with van der Waals surface area (Å²) < 4.78 is 27.3. The van der Waals surface area contributed by atoms with E-state index in [-0.39, 0.29) is 18.4 Å². The zero-order valence-electron chi connectivity index (χ0n) is 11.0. The molecule has 0 aliphatic carbocycles. The van der Waals surface area contributed by atoms with Crippen molar-refractivity contribution in [3.05, 3.63) is 69.7 Å². The van der Waals surface area contributed by atoms with Gasteiger partial charge in [-0.15, -0.1) is 0 Å². The van der Waals surface area contributed by atoms with Gasteiger partial charge in [-0.1, -0.05) is 40.2 Å². The van der Waals surface area contributed by atoms with Gasteiger partial charge in [0, 0.05) is 10.5 Å². The summed E-state index contributed by atoms with van der Waals surface area (Å²) in [6, 6.07) is 10.5. The number of carbonyl (C=O) groups is 1. The molecule has 0 heterocycles. The molecule has 0 aliphatic heterocycles. The minimum atomic E-state index is -1.01. The Bertz CT molecular complexity index is 658. The molecule has 110 valence electrons. The molecule has 2 aromatic carbocycles. The van der Waals surface area contributed by atoms with E-state index in [1.807, 2.05) is 24.3 Å². The molecule has 0 aliphatic rings. The smallest absolute Gasteiger partial charge is 0.307 e. The van der Waals surface area contributed by atoms with Gasteiger partial charge in [0.1, 0.15) is 11.6 Å². The number of hydrogen-bond donors (Lipinski definition) is 1. The van der Waals surface area contributed by atoms with Crippen molar-refractivity contribution in [1.29, 1.82) is 0 Å². The van der Waals surface area contributed by atoms with Gasteiger partial charge in [0.25, 0.3) is 0 Å². The van der Waals surface area contributed by atoms with Crippen LogP contribution in [0.25, 0.3) is 0 Å². The van der Waals surface area contributed by atoms with Crippen LogP contribution < -0.4 is 0 Å². The fourth-order valence-electron chi connectivity index (χ4n) is 2.13. The van der Waals surface area contributed by atoms with Crippen LogP contribution in [0.3, 0.4) is 0 Å². The third-order valence-electron chi connectivity index (χ3n) is 3.25. The van der Waals surface area contributed by atoms with Crippen molar-refractivity contribution in [2.75, 3.05) is 0 Å². The Hall–Kier alpha value is -1.75. The predicted octanol–water partition coefficient (Wildman–Crippen LogP) is 4.21. The monoisotopic (exact) mass is 354 g/mol. The third-order valence-corrected chi connectivity index (χ3v) is 4.03. The van der Waals surface area contributed by atoms with E-state index in [4.69, 9.17) is 0 Å². The molecule has 0 aromatic heterocycles. The summed E-state index contributed by atoms with van der Waals surface area (Å²) >= 11 is 3.37. The summed E-state index contributed by atoms with van der Waals surface area (Å²) in [5, 5.41) is 9.32. The van der Waals surface area contributed by atoms with Gasteiger partial charge in [-0.05, 0) is 36.1 Å². The van der Waals surface area contributed by atoms with E-state index in [2.05, 4.69) is 15.9 Å². The van der Waals surface area contributed by atoms with Crippen molar-refractivity contribution in [3.8, 4) is 0 Å². The molecule has 2 aromatic rings. The van der Waals surface area contributed by atoms with E-state index in [0.717, 1.165) is 22.2 Å². The second-order valence-electron chi connectivity index (χ2n) is 4.77. The average Bonchev–Trinajstić information content (AvgIpc) is 2.42. The van der Waals surface area contributed by atoms with Crippen molar-refractivity contribution in [2.45, 2.75) is 12.8 Å². The number of halogens is 3. The molecule has 2 nitrogen and oxygen atoms in total. The molecule has 0 fully saturated rings. The molecule has 1 atom stereocenters. The van der Waals surface area contributed by atoms with Gasteiger partial charge in [-0.25, -0.2) is 8.78 Å². The predicted molar refractivity (Wildman–Crippen MR) is 79.0 cm³/mol. The lowest BCUT2D eigenvalue weighted by molar-refractivity contribution is -0.141. The summed E-state index contributed by atoms with van der Waals surface area (Å²) in [6.45, 7) is 0. The van der Waals surface area contributed by atoms with Gasteiger partial charge in [0.05, 0.1) is 5.92 Å². The highest BCUT2D eigenvalue weighted by Gasteiger charge is 2.21. The highest BCUT2D eigenvalue weighted by molar-refractivity contribution is 9.10. The first-order valence-corrected chi connectivity index (χ1v) is 7.17. The summed E-state index contributed by atoms with van der Waals surface area (Å²) in [5.74, 6) is -3.17. The Kier molecular flexibility index (Phi) is 5.07. The lowest BCUT2D eigenvalue weighted by atomic mass is 9.92. The molecule has 0 saturated heterocycles. The van der Waals surface area contributed by atoms with Crippen LogP contribution in [0.1, 0.15) is 11.1 Å². The maximum absolute atomic E-state index is 13.7. The fourth-order valence-corrected chi connectivity index (χ4v) is 2.58. The van der Waals surface area contributed by atoms with Crippen molar-refractivity contribution < 1.29 is 18.7 Å². The first-order chi connectivity index (χ1) is 9.97. The van der Waals surface area contributed by atoms with Crippen LogP contribution in [0, 0.1) is 17.6 Å². The summed E-state index contributed by atoms with van der Waals surface area (Å²) in [7, 11) is 0. The van der Waals surface area contributed by atoms with E-state index < -0.39 is 23.5 Å². The van der Waals surface area contributed by atoms with E-state index in [0.29, 0.717) is 0 Å². The van der Waals surface area contributed by atoms with Crippen LogP contribution in [0.5, 0.6) is 0 Å². The van der Waals surface area contributed by atoms with E-state index in [1.54, 1.807) is 0 Å². The van der Waals surface area contributed by atoms with Gasteiger partial charge in [0.15, 0.2) is 0 Å². The second kappa shape index (κ2) is 6.80. The largest absolute Gasteiger partial charge is 0.481 e. The molecule has 5 heteroatoms. The van der Waals surface area contributed by atoms with Crippen molar-refractivity contribution >= 4 is 21.9 Å². The van der Waals surface area contributed by atoms with Gasteiger partial charge in [-0.3, -0.25) is 4.79 Å². The summed E-state index contributed by atoms with van der Waals surface area (Å²) in [6.07, 6.45) is 0.288. The highest BCUT2D eigenvalue weighted by Crippen LogP contribution is 2.23. The summed E-state index contributed by atoms with van der Waals surface area (Å²) in [4.78, 5) is 11.4. The van der Waals surface area contributed by atoms with E-state index in [1.165, 1.54) is 6.07 Å². The maximum Gasteiger partial charge on any atom is 0.307 e. The Morgan fingerprint density at radius 2 is 1.76 bits per heavy atom. The van der Waals surface area contributed by atoms with Crippen LogP contribution in [-0.2, 0) is 17.6 Å². The Morgan fingerprint density at radius 3 is 2.38 bits per heavy atom. The van der Waals surface area contributed by atoms with Crippen molar-refractivity contribution in [2.24, 2.45) is 5.92 Å². The van der Waals surface area contributed by atoms with Gasteiger partial charge < -0.3 is 5.11 Å². The zero-order chi connectivity index (χ0) is 15.4. The molecule has 0 amide bonds. The Balaban J connectivity index is 2.20. The molecule has 2 rings (SSSR count). The highest BCUT2D eigenvalue weighted by atomic mass is 79.9. The van der Waals surface area contributed by atoms with Crippen LogP contribution in [0.4, 0.5) is 8.78 Å². The normalized spacial score (nSPS) is 12.1. The van der Waals surface area contributed by atoms with Crippen molar-refractivity contribution in [1.82, 2.24) is 0 Å². The third kappa shape index (κ3) is 4.11. The Morgan fingerprint density at radius 1 is 1.10 bits per heavy atom. The van der Waals surface area contributed by atoms with Crippen LogP contribution in [0.15, 0.2) is 46.9 Å². The Labute approximate surface area is 129 Å². The molecule has 1 N–H and O–H groups in total. The van der Waals surface area contributed by atoms with Crippen molar-refractivity contribution in [3.63, 3.8) is 0 Å². The molecule has 1 unspecified atom stereocenters. The lowest BCUT2D eigenvalue weighted by Crippen LogP contribution is -2.20. The number of carboxylic acids is 1. The first-order valence-electron chi connectivity index (χ1n) is 6.37. The zero-order valence-corrected chi connectivity index (χ0v) is 12.6. The van der Waals surface area contributed by atoms with E-state index >= 15 is 0 Å². The van der Waals surface area contributed by atoms with Crippen LogP contribution in [-0.4, -0.2) is 11.1 Å². The molecule has 0 bridgehead atoms. The minimum absolute atomic E-state index is 0.0166. The average molecular weight is 355 g/mol. The number of rotatable bonds is 5. The first kappa shape index (κ1) is 15.6. The fraction of sp³-hybridized carbons (Fsp3) is 0.188. The van der Waals surface area contributed by atoms with Gasteiger partial charge >= 0.3 is 5.97 Å². The number of carboxylic acid groups (broad SMARTS) is 1. The minimum Gasteiger partial charge on any atom is -0.481 e. The molecule has 21 heavy (non-hydrogen) atoms. The summed E-state index contributed by atoms with van der Waals surface area (Å²) in [5.41, 5.74) is 1.04.